The van der Waals surface area contributed by atoms with Gasteiger partial charge in [0.15, 0.2) is 0 Å². The van der Waals surface area contributed by atoms with E-state index >= 15 is 0 Å². The number of benzene rings is 3. The lowest BCUT2D eigenvalue weighted by Crippen LogP contribution is -2.35. The van der Waals surface area contributed by atoms with Gasteiger partial charge in [-0.2, -0.15) is 0 Å². The highest BCUT2D eigenvalue weighted by molar-refractivity contribution is 5.96. The van der Waals surface area contributed by atoms with Crippen LogP contribution in [0.3, 0.4) is 0 Å². The lowest BCUT2D eigenvalue weighted by atomic mass is 10.1. The van der Waals surface area contributed by atoms with E-state index in [9.17, 15) is 9.59 Å². The lowest BCUT2D eigenvalue weighted by molar-refractivity contribution is -0.141. The minimum Gasteiger partial charge on any atom is -0.468 e. The molecular formula is C26H23N3O4. The zero-order valence-electron chi connectivity index (χ0n) is 18.4. The first-order chi connectivity index (χ1) is 16.0. The van der Waals surface area contributed by atoms with Gasteiger partial charge in [0.25, 0.3) is 5.91 Å². The summed E-state index contributed by atoms with van der Waals surface area (Å²) >= 11 is 0. The molecule has 7 nitrogen and oxygen atoms in total. The summed E-state index contributed by atoms with van der Waals surface area (Å²) in [4.78, 5) is 26.5. The minimum absolute atomic E-state index is 0.143. The molecule has 0 spiro atoms. The maximum Gasteiger partial charge on any atom is 0.325 e. The quantitative estimate of drug-likeness (QED) is 0.392. The number of hydrogen-bond donors (Lipinski definition) is 0. The van der Waals surface area contributed by atoms with Crippen LogP contribution in [0.15, 0.2) is 83.3 Å². The zero-order chi connectivity index (χ0) is 23.2. The van der Waals surface area contributed by atoms with Crippen LogP contribution in [0.25, 0.3) is 22.9 Å². The van der Waals surface area contributed by atoms with Crippen LogP contribution in [-0.2, 0) is 16.1 Å². The van der Waals surface area contributed by atoms with Crippen molar-refractivity contribution in [1.82, 2.24) is 15.1 Å². The molecule has 0 unspecified atom stereocenters. The molecule has 0 radical (unpaired) electrons. The van der Waals surface area contributed by atoms with Gasteiger partial charge in [-0.15, -0.1) is 10.2 Å². The van der Waals surface area contributed by atoms with Gasteiger partial charge in [-0.3, -0.25) is 9.59 Å². The number of amides is 1. The molecule has 0 atom stereocenters. The Morgan fingerprint density at radius 1 is 0.879 bits per heavy atom. The Bertz CT molecular complexity index is 1250. The Hall–Kier alpha value is -4.26. The number of esters is 1. The van der Waals surface area contributed by atoms with Crippen LogP contribution in [0.5, 0.6) is 0 Å². The number of aryl methyl sites for hydroxylation is 1. The van der Waals surface area contributed by atoms with Crippen LogP contribution in [0.2, 0.25) is 0 Å². The van der Waals surface area contributed by atoms with Crippen LogP contribution < -0.4 is 0 Å². The van der Waals surface area contributed by atoms with Gasteiger partial charge in [-0.05, 0) is 48.4 Å². The largest absolute Gasteiger partial charge is 0.468 e. The molecule has 4 rings (SSSR count). The third-order valence-electron chi connectivity index (χ3n) is 5.23. The second kappa shape index (κ2) is 9.91. The summed E-state index contributed by atoms with van der Waals surface area (Å²) in [6.07, 6.45) is 0. The van der Waals surface area contributed by atoms with E-state index in [0.29, 0.717) is 29.5 Å². The molecular weight excluding hydrogens is 418 g/mol. The number of carbonyl (C=O) groups excluding carboxylic acids is 2. The van der Waals surface area contributed by atoms with Gasteiger partial charge < -0.3 is 14.1 Å². The number of rotatable bonds is 7. The fourth-order valence-electron chi connectivity index (χ4n) is 3.42. The first-order valence-electron chi connectivity index (χ1n) is 10.4. The number of nitrogens with zero attached hydrogens (tertiary/aromatic N) is 3. The summed E-state index contributed by atoms with van der Waals surface area (Å²) in [7, 11) is 1.30. The summed E-state index contributed by atoms with van der Waals surface area (Å²) in [6, 6.07) is 24.1. The molecule has 1 aromatic heterocycles. The fourth-order valence-corrected chi connectivity index (χ4v) is 3.42. The molecule has 4 aromatic rings. The molecule has 0 aliphatic carbocycles. The van der Waals surface area contributed by atoms with Crippen molar-refractivity contribution in [3.05, 3.63) is 95.6 Å². The first kappa shape index (κ1) is 22.0. The van der Waals surface area contributed by atoms with E-state index in [-0.39, 0.29) is 12.5 Å². The summed E-state index contributed by atoms with van der Waals surface area (Å²) < 4.78 is 10.6. The maximum absolute atomic E-state index is 13.1. The van der Waals surface area contributed by atoms with Crippen molar-refractivity contribution < 1.29 is 18.7 Å². The summed E-state index contributed by atoms with van der Waals surface area (Å²) in [6.45, 7) is 2.13. The highest BCUT2D eigenvalue weighted by Gasteiger charge is 2.20. The van der Waals surface area contributed by atoms with Gasteiger partial charge in [0.2, 0.25) is 11.8 Å². The first-order valence-corrected chi connectivity index (χ1v) is 10.4. The normalized spacial score (nSPS) is 10.6. The molecule has 1 amide bonds. The summed E-state index contributed by atoms with van der Waals surface area (Å²) in [5, 5.41) is 8.30. The van der Waals surface area contributed by atoms with Crippen molar-refractivity contribution in [3.8, 4) is 22.9 Å². The molecule has 7 heteroatoms. The second-order valence-electron chi connectivity index (χ2n) is 7.53. The van der Waals surface area contributed by atoms with E-state index < -0.39 is 5.97 Å². The highest BCUT2D eigenvalue weighted by Crippen LogP contribution is 2.26. The van der Waals surface area contributed by atoms with Crippen molar-refractivity contribution >= 4 is 11.9 Å². The smallest absolute Gasteiger partial charge is 0.325 e. The van der Waals surface area contributed by atoms with Gasteiger partial charge in [0.1, 0.15) is 6.54 Å². The predicted molar refractivity (Wildman–Crippen MR) is 123 cm³/mol. The van der Waals surface area contributed by atoms with Crippen molar-refractivity contribution in [2.24, 2.45) is 0 Å². The van der Waals surface area contributed by atoms with Crippen molar-refractivity contribution in [2.45, 2.75) is 13.5 Å². The van der Waals surface area contributed by atoms with Crippen LogP contribution in [0, 0.1) is 6.92 Å². The minimum atomic E-state index is -0.481. The number of hydrogen-bond acceptors (Lipinski definition) is 6. The van der Waals surface area contributed by atoms with E-state index in [2.05, 4.69) is 10.2 Å². The standard InChI is InChI=1S/C26H23N3O4/c1-18-8-6-7-11-22(18)25-28-27-24(33-25)20-12-14-21(15-13-20)26(31)29(17-23(30)32-2)16-19-9-4-3-5-10-19/h3-15H,16-17H2,1-2H3. The molecule has 0 aliphatic heterocycles. The SMILES string of the molecule is COC(=O)CN(Cc1ccccc1)C(=O)c1ccc(-c2nnc(-c3ccccc3C)o2)cc1. The molecule has 0 fully saturated rings. The van der Waals surface area contributed by atoms with Crippen LogP contribution in [0.4, 0.5) is 0 Å². The molecule has 0 N–H and O–H groups in total. The fraction of sp³-hybridized carbons (Fsp3) is 0.154. The van der Waals surface area contributed by atoms with Crippen LogP contribution in [0.1, 0.15) is 21.5 Å². The highest BCUT2D eigenvalue weighted by atomic mass is 16.5. The van der Waals surface area contributed by atoms with Crippen molar-refractivity contribution in [2.75, 3.05) is 13.7 Å². The summed E-state index contributed by atoms with van der Waals surface area (Å²) in [5.74, 6) is 0.0470. The molecule has 33 heavy (non-hydrogen) atoms. The third kappa shape index (κ3) is 5.15. The molecule has 3 aromatic carbocycles. The molecule has 0 saturated carbocycles. The summed E-state index contributed by atoms with van der Waals surface area (Å²) in [5.41, 5.74) is 3.97. The Kier molecular flexibility index (Phi) is 6.59. The molecule has 0 aliphatic rings. The van der Waals surface area contributed by atoms with Gasteiger partial charge in [0, 0.05) is 23.2 Å². The number of ether oxygens (including phenoxy) is 1. The molecule has 166 valence electrons. The van der Waals surface area contributed by atoms with Crippen molar-refractivity contribution in [1.29, 1.82) is 0 Å². The Morgan fingerprint density at radius 3 is 2.24 bits per heavy atom. The van der Waals surface area contributed by atoms with Crippen molar-refractivity contribution in [3.63, 3.8) is 0 Å². The second-order valence-corrected chi connectivity index (χ2v) is 7.53. The Labute approximate surface area is 191 Å². The Balaban J connectivity index is 1.54. The third-order valence-corrected chi connectivity index (χ3v) is 5.23. The van der Waals surface area contributed by atoms with Gasteiger partial charge >= 0.3 is 5.97 Å². The number of carbonyl (C=O) groups is 2. The van der Waals surface area contributed by atoms with E-state index in [0.717, 1.165) is 16.7 Å². The predicted octanol–water partition coefficient (Wildman–Crippen LogP) is 4.53. The van der Waals surface area contributed by atoms with Crippen LogP contribution >= 0.6 is 0 Å². The van der Waals surface area contributed by atoms with E-state index in [1.54, 1.807) is 24.3 Å². The monoisotopic (exact) mass is 441 g/mol. The topological polar surface area (TPSA) is 85.5 Å². The molecule has 1 heterocycles. The number of methoxy groups -OCH3 is 1. The van der Waals surface area contributed by atoms with Crippen LogP contribution in [-0.4, -0.2) is 40.6 Å². The van der Waals surface area contributed by atoms with Gasteiger partial charge in [-0.25, -0.2) is 0 Å². The van der Waals surface area contributed by atoms with Gasteiger partial charge in [-0.1, -0.05) is 48.5 Å². The number of aromatic nitrogens is 2. The molecule has 0 saturated heterocycles. The lowest BCUT2D eigenvalue weighted by Gasteiger charge is -2.21. The van der Waals surface area contributed by atoms with E-state index in [1.165, 1.54) is 12.0 Å². The van der Waals surface area contributed by atoms with Gasteiger partial charge in [0.05, 0.1) is 7.11 Å². The molecule has 0 bridgehead atoms. The average molecular weight is 441 g/mol. The average Bonchev–Trinajstić information content (AvgIpc) is 3.34. The maximum atomic E-state index is 13.1. The van der Waals surface area contributed by atoms with E-state index in [1.807, 2.05) is 61.5 Å². The van der Waals surface area contributed by atoms with E-state index in [4.69, 9.17) is 9.15 Å². The zero-order valence-corrected chi connectivity index (χ0v) is 18.4. The Morgan fingerprint density at radius 2 is 1.55 bits per heavy atom.